The Bertz CT molecular complexity index is 513. The first kappa shape index (κ1) is 10.9. The Morgan fingerprint density at radius 3 is 2.75 bits per heavy atom. The lowest BCUT2D eigenvalue weighted by Crippen LogP contribution is -2.01. The SMILES string of the molecule is CCCCn1c(C)c(C)c2c(N)ncnc21. The fourth-order valence-corrected chi connectivity index (χ4v) is 2.09. The summed E-state index contributed by atoms with van der Waals surface area (Å²) in [5, 5.41) is 1.01. The van der Waals surface area contributed by atoms with Crippen molar-refractivity contribution in [1.29, 1.82) is 0 Å². The van der Waals surface area contributed by atoms with E-state index in [2.05, 4.69) is 35.3 Å². The summed E-state index contributed by atoms with van der Waals surface area (Å²) in [5.41, 5.74) is 9.32. The van der Waals surface area contributed by atoms with Gasteiger partial charge < -0.3 is 10.3 Å². The number of rotatable bonds is 3. The van der Waals surface area contributed by atoms with Gasteiger partial charge in [-0.3, -0.25) is 0 Å². The number of nitrogen functional groups attached to an aromatic ring is 1. The fourth-order valence-electron chi connectivity index (χ4n) is 2.09. The van der Waals surface area contributed by atoms with Crippen LogP contribution in [0.3, 0.4) is 0 Å². The molecule has 0 saturated carbocycles. The van der Waals surface area contributed by atoms with Crippen molar-refractivity contribution in [3.05, 3.63) is 17.6 Å². The Balaban J connectivity index is 2.64. The Morgan fingerprint density at radius 1 is 1.31 bits per heavy atom. The largest absolute Gasteiger partial charge is 0.383 e. The highest BCUT2D eigenvalue weighted by molar-refractivity contribution is 5.90. The fraction of sp³-hybridized carbons (Fsp3) is 0.500. The molecule has 0 radical (unpaired) electrons. The molecule has 16 heavy (non-hydrogen) atoms. The smallest absolute Gasteiger partial charge is 0.145 e. The number of anilines is 1. The normalized spacial score (nSPS) is 11.2. The molecule has 2 aromatic heterocycles. The summed E-state index contributed by atoms with van der Waals surface area (Å²) in [5.74, 6) is 0.584. The highest BCUT2D eigenvalue weighted by Gasteiger charge is 2.14. The molecule has 0 bridgehead atoms. The van der Waals surface area contributed by atoms with E-state index in [0.717, 1.165) is 24.0 Å². The Kier molecular flexibility index (Phi) is 2.81. The molecule has 4 heteroatoms. The van der Waals surface area contributed by atoms with Crippen LogP contribution in [0.2, 0.25) is 0 Å². The van der Waals surface area contributed by atoms with Gasteiger partial charge in [0, 0.05) is 12.2 Å². The van der Waals surface area contributed by atoms with Crippen molar-refractivity contribution in [1.82, 2.24) is 14.5 Å². The highest BCUT2D eigenvalue weighted by atomic mass is 15.1. The third kappa shape index (κ3) is 1.54. The first-order chi connectivity index (χ1) is 7.66. The number of nitrogens with zero attached hydrogens (tertiary/aromatic N) is 3. The van der Waals surface area contributed by atoms with Crippen LogP contribution in [-0.4, -0.2) is 14.5 Å². The zero-order valence-corrected chi connectivity index (χ0v) is 10.1. The Morgan fingerprint density at radius 2 is 2.06 bits per heavy atom. The second kappa shape index (κ2) is 4.12. The first-order valence-corrected chi connectivity index (χ1v) is 5.72. The van der Waals surface area contributed by atoms with E-state index in [0.29, 0.717) is 5.82 Å². The summed E-state index contributed by atoms with van der Waals surface area (Å²) in [6.45, 7) is 7.40. The number of aromatic nitrogens is 3. The predicted molar refractivity (Wildman–Crippen MR) is 66.3 cm³/mol. The van der Waals surface area contributed by atoms with Crippen molar-refractivity contribution in [2.24, 2.45) is 0 Å². The third-order valence-corrected chi connectivity index (χ3v) is 3.17. The lowest BCUT2D eigenvalue weighted by atomic mass is 10.2. The molecule has 4 nitrogen and oxygen atoms in total. The van der Waals surface area contributed by atoms with Crippen LogP contribution < -0.4 is 5.73 Å². The topological polar surface area (TPSA) is 56.7 Å². The monoisotopic (exact) mass is 218 g/mol. The van der Waals surface area contributed by atoms with Crippen molar-refractivity contribution in [2.75, 3.05) is 5.73 Å². The second-order valence-corrected chi connectivity index (χ2v) is 4.17. The molecule has 0 aliphatic carbocycles. The minimum Gasteiger partial charge on any atom is -0.383 e. The van der Waals surface area contributed by atoms with Crippen molar-refractivity contribution in [3.8, 4) is 0 Å². The zero-order chi connectivity index (χ0) is 11.7. The average molecular weight is 218 g/mol. The van der Waals surface area contributed by atoms with Crippen LogP contribution >= 0.6 is 0 Å². The van der Waals surface area contributed by atoms with Gasteiger partial charge in [0.25, 0.3) is 0 Å². The van der Waals surface area contributed by atoms with E-state index in [4.69, 9.17) is 5.73 Å². The minimum atomic E-state index is 0.584. The van der Waals surface area contributed by atoms with E-state index in [9.17, 15) is 0 Å². The van der Waals surface area contributed by atoms with E-state index in [1.54, 1.807) is 6.33 Å². The molecule has 0 aliphatic heterocycles. The summed E-state index contributed by atoms with van der Waals surface area (Å²) in [6.07, 6.45) is 3.88. The van der Waals surface area contributed by atoms with Gasteiger partial charge in [0.15, 0.2) is 0 Å². The molecule has 0 fully saturated rings. The lowest BCUT2D eigenvalue weighted by Gasteiger charge is -2.06. The molecule has 0 unspecified atom stereocenters. The van der Waals surface area contributed by atoms with E-state index < -0.39 is 0 Å². The molecule has 86 valence electrons. The first-order valence-electron chi connectivity index (χ1n) is 5.72. The molecule has 0 aliphatic rings. The molecular formula is C12H18N4. The van der Waals surface area contributed by atoms with Crippen LogP contribution in [-0.2, 0) is 6.54 Å². The van der Waals surface area contributed by atoms with Gasteiger partial charge in [-0.1, -0.05) is 13.3 Å². The number of hydrogen-bond donors (Lipinski definition) is 1. The standard InChI is InChI=1S/C12H18N4/c1-4-5-6-16-9(3)8(2)10-11(13)14-7-15-12(10)16/h7H,4-6H2,1-3H3,(H2,13,14,15). The van der Waals surface area contributed by atoms with Gasteiger partial charge in [-0.15, -0.1) is 0 Å². The molecule has 0 atom stereocenters. The predicted octanol–water partition coefficient (Wildman–Crippen LogP) is 2.43. The van der Waals surface area contributed by atoms with E-state index in [1.807, 2.05) is 0 Å². The van der Waals surface area contributed by atoms with E-state index in [1.165, 1.54) is 17.7 Å². The highest BCUT2D eigenvalue weighted by Crippen LogP contribution is 2.27. The Labute approximate surface area is 95.5 Å². The summed E-state index contributed by atoms with van der Waals surface area (Å²) >= 11 is 0. The maximum Gasteiger partial charge on any atom is 0.145 e. The van der Waals surface area contributed by atoms with E-state index >= 15 is 0 Å². The molecule has 2 N–H and O–H groups in total. The van der Waals surface area contributed by atoms with Crippen molar-refractivity contribution in [2.45, 2.75) is 40.2 Å². The van der Waals surface area contributed by atoms with Crippen LogP contribution in [0.5, 0.6) is 0 Å². The lowest BCUT2D eigenvalue weighted by molar-refractivity contribution is 0.632. The maximum atomic E-state index is 5.90. The zero-order valence-electron chi connectivity index (χ0n) is 10.1. The summed E-state index contributed by atoms with van der Waals surface area (Å²) in [6, 6.07) is 0. The maximum absolute atomic E-state index is 5.90. The number of hydrogen-bond acceptors (Lipinski definition) is 3. The minimum absolute atomic E-state index is 0.584. The molecule has 2 heterocycles. The van der Waals surface area contributed by atoms with Gasteiger partial charge in [-0.2, -0.15) is 0 Å². The summed E-state index contributed by atoms with van der Waals surface area (Å²) in [7, 11) is 0. The van der Waals surface area contributed by atoms with Crippen molar-refractivity contribution >= 4 is 16.9 Å². The average Bonchev–Trinajstić information content (AvgIpc) is 2.51. The number of fused-ring (bicyclic) bond motifs is 1. The second-order valence-electron chi connectivity index (χ2n) is 4.17. The molecule has 2 rings (SSSR count). The molecule has 0 amide bonds. The quantitative estimate of drug-likeness (QED) is 0.860. The van der Waals surface area contributed by atoms with Crippen LogP contribution in [0.25, 0.3) is 11.0 Å². The molecule has 0 saturated heterocycles. The van der Waals surface area contributed by atoms with Crippen LogP contribution in [0, 0.1) is 13.8 Å². The molecule has 2 aromatic rings. The van der Waals surface area contributed by atoms with Gasteiger partial charge >= 0.3 is 0 Å². The van der Waals surface area contributed by atoms with Crippen LogP contribution in [0.1, 0.15) is 31.0 Å². The van der Waals surface area contributed by atoms with Gasteiger partial charge in [-0.05, 0) is 25.8 Å². The van der Waals surface area contributed by atoms with Gasteiger partial charge in [0.05, 0.1) is 5.39 Å². The summed E-state index contributed by atoms with van der Waals surface area (Å²) < 4.78 is 2.24. The van der Waals surface area contributed by atoms with E-state index in [-0.39, 0.29) is 0 Å². The number of aryl methyl sites for hydroxylation is 2. The van der Waals surface area contributed by atoms with Crippen LogP contribution in [0.4, 0.5) is 5.82 Å². The van der Waals surface area contributed by atoms with Gasteiger partial charge in [-0.25, -0.2) is 9.97 Å². The van der Waals surface area contributed by atoms with Crippen molar-refractivity contribution < 1.29 is 0 Å². The molecular weight excluding hydrogens is 200 g/mol. The van der Waals surface area contributed by atoms with Crippen molar-refractivity contribution in [3.63, 3.8) is 0 Å². The molecule has 0 spiro atoms. The van der Waals surface area contributed by atoms with Gasteiger partial charge in [0.2, 0.25) is 0 Å². The number of nitrogens with two attached hydrogens (primary N) is 1. The Hall–Kier alpha value is -1.58. The van der Waals surface area contributed by atoms with Crippen LogP contribution in [0.15, 0.2) is 6.33 Å². The number of unbranched alkanes of at least 4 members (excludes halogenated alkanes) is 1. The molecule has 0 aromatic carbocycles. The summed E-state index contributed by atoms with van der Waals surface area (Å²) in [4.78, 5) is 8.40. The van der Waals surface area contributed by atoms with Gasteiger partial charge in [0.1, 0.15) is 17.8 Å². The third-order valence-electron chi connectivity index (χ3n) is 3.17.